The fourth-order valence-corrected chi connectivity index (χ4v) is 10.6. The summed E-state index contributed by atoms with van der Waals surface area (Å²) in [5.74, 6) is 0. The molecule has 0 N–H and O–H groups in total. The molecule has 0 fully saturated rings. The molecule has 59 heavy (non-hydrogen) atoms. The third-order valence-corrected chi connectivity index (χ3v) is 13.5. The highest BCUT2D eigenvalue weighted by molar-refractivity contribution is 7.25. The van der Waals surface area contributed by atoms with Crippen LogP contribution in [0.3, 0.4) is 0 Å². The van der Waals surface area contributed by atoms with Gasteiger partial charge in [-0.2, -0.15) is 0 Å². The summed E-state index contributed by atoms with van der Waals surface area (Å²) < 4.78 is 2.62. The number of hydrogen-bond acceptors (Lipinski definition) is 2. The highest BCUT2D eigenvalue weighted by Gasteiger charge is 2.37. The number of rotatable bonds is 7. The first-order chi connectivity index (χ1) is 29.0. The topological polar surface area (TPSA) is 3.24 Å². The average molecular weight is 772 g/mol. The van der Waals surface area contributed by atoms with Crippen LogP contribution in [-0.4, -0.2) is 0 Å². The molecule has 1 aliphatic rings. The van der Waals surface area contributed by atoms with E-state index < -0.39 is 0 Å². The van der Waals surface area contributed by atoms with E-state index in [1.54, 1.807) is 0 Å². The molecule has 1 aliphatic carbocycles. The van der Waals surface area contributed by atoms with Crippen LogP contribution in [0.5, 0.6) is 0 Å². The van der Waals surface area contributed by atoms with Gasteiger partial charge < -0.3 is 4.90 Å². The largest absolute Gasteiger partial charge is 0.309 e. The lowest BCUT2D eigenvalue weighted by Crippen LogP contribution is -2.14. The van der Waals surface area contributed by atoms with Gasteiger partial charge in [-0.3, -0.25) is 0 Å². The Morgan fingerprint density at radius 1 is 0.356 bits per heavy atom. The zero-order valence-electron chi connectivity index (χ0n) is 33.1. The molecule has 280 valence electrons. The predicted octanol–water partition coefficient (Wildman–Crippen LogP) is 16.5. The van der Waals surface area contributed by atoms with Crippen molar-refractivity contribution in [3.63, 3.8) is 0 Å². The van der Waals surface area contributed by atoms with Crippen molar-refractivity contribution < 1.29 is 0 Å². The van der Waals surface area contributed by atoms with E-state index in [0.29, 0.717) is 0 Å². The molecule has 1 aromatic heterocycles. The van der Waals surface area contributed by atoms with Gasteiger partial charge in [0.2, 0.25) is 0 Å². The van der Waals surface area contributed by atoms with Crippen LogP contribution in [-0.2, 0) is 5.41 Å². The maximum Gasteiger partial charge on any atom is 0.0546 e. The predicted molar refractivity (Wildman–Crippen MR) is 253 cm³/mol. The summed E-state index contributed by atoms with van der Waals surface area (Å²) in [6.45, 7) is 4.73. The van der Waals surface area contributed by atoms with E-state index in [9.17, 15) is 0 Å². The molecule has 0 atom stereocenters. The standard InChI is InChI=1S/C57H41NS/c1-57(2)49-26-12-9-23-47(49)56-46(24-15-27-50(56)57)45-25-16-29-52(55(45)40-19-7-4-8-20-40)58(42-34-31-39(32-35-42)38-17-5-3-6-18-38)51-28-13-10-21-43(51)41-33-36-54-48(37-41)44-22-11-14-30-53(44)59-54/h3-37H,1-2H3. The van der Waals surface area contributed by atoms with Crippen molar-refractivity contribution in [3.05, 3.63) is 223 Å². The van der Waals surface area contributed by atoms with Gasteiger partial charge in [-0.25, -0.2) is 0 Å². The lowest BCUT2D eigenvalue weighted by atomic mass is 9.81. The fraction of sp³-hybridized carbons (Fsp3) is 0.0526. The van der Waals surface area contributed by atoms with Crippen LogP contribution in [0.15, 0.2) is 212 Å². The first-order valence-electron chi connectivity index (χ1n) is 20.4. The highest BCUT2D eigenvalue weighted by Crippen LogP contribution is 2.55. The molecule has 0 aliphatic heterocycles. The van der Waals surface area contributed by atoms with Gasteiger partial charge in [-0.15, -0.1) is 11.3 Å². The molecule has 10 aromatic rings. The van der Waals surface area contributed by atoms with Gasteiger partial charge in [0.05, 0.1) is 11.4 Å². The zero-order valence-corrected chi connectivity index (χ0v) is 33.9. The molecule has 9 aromatic carbocycles. The van der Waals surface area contributed by atoms with E-state index in [0.717, 1.165) is 17.1 Å². The van der Waals surface area contributed by atoms with E-state index in [4.69, 9.17) is 0 Å². The Morgan fingerprint density at radius 3 is 1.69 bits per heavy atom. The van der Waals surface area contributed by atoms with Crippen molar-refractivity contribution in [2.24, 2.45) is 0 Å². The summed E-state index contributed by atoms with van der Waals surface area (Å²) in [5, 5.41) is 2.60. The van der Waals surface area contributed by atoms with Gasteiger partial charge in [0.15, 0.2) is 0 Å². The summed E-state index contributed by atoms with van der Waals surface area (Å²) in [7, 11) is 0. The molecule has 0 radical (unpaired) electrons. The first kappa shape index (κ1) is 35.2. The number of anilines is 3. The van der Waals surface area contributed by atoms with Crippen LogP contribution in [0.1, 0.15) is 25.0 Å². The number of para-hydroxylation sites is 1. The Bertz CT molecular complexity index is 3170. The molecule has 0 spiro atoms. The van der Waals surface area contributed by atoms with Crippen LogP contribution in [0.2, 0.25) is 0 Å². The molecule has 0 bridgehead atoms. The van der Waals surface area contributed by atoms with E-state index in [2.05, 4.69) is 231 Å². The second-order valence-corrected chi connectivity index (χ2v) is 17.1. The third kappa shape index (κ3) is 5.82. The van der Waals surface area contributed by atoms with Crippen molar-refractivity contribution >= 4 is 48.6 Å². The van der Waals surface area contributed by atoms with Crippen molar-refractivity contribution in [1.82, 2.24) is 0 Å². The maximum atomic E-state index is 2.49. The van der Waals surface area contributed by atoms with Gasteiger partial charge in [0.1, 0.15) is 0 Å². The monoisotopic (exact) mass is 771 g/mol. The molecule has 0 saturated heterocycles. The molecule has 0 unspecified atom stereocenters. The van der Waals surface area contributed by atoms with Crippen LogP contribution in [0.25, 0.3) is 75.8 Å². The summed E-state index contributed by atoms with van der Waals surface area (Å²) in [5.41, 5.74) is 18.3. The molecular weight excluding hydrogens is 731 g/mol. The van der Waals surface area contributed by atoms with E-state index in [-0.39, 0.29) is 5.41 Å². The maximum absolute atomic E-state index is 2.49. The Balaban J connectivity index is 1.18. The number of hydrogen-bond donors (Lipinski definition) is 0. The van der Waals surface area contributed by atoms with Crippen LogP contribution >= 0.6 is 11.3 Å². The van der Waals surface area contributed by atoms with Crippen molar-refractivity contribution in [2.75, 3.05) is 4.90 Å². The summed E-state index contributed by atoms with van der Waals surface area (Å²) in [6.07, 6.45) is 0. The second kappa shape index (κ2) is 14.1. The van der Waals surface area contributed by atoms with Crippen LogP contribution < -0.4 is 4.90 Å². The average Bonchev–Trinajstić information content (AvgIpc) is 3.79. The lowest BCUT2D eigenvalue weighted by molar-refractivity contribution is 0.660. The SMILES string of the molecule is CC1(C)c2ccccc2-c2c(-c3cccc(N(c4ccc(-c5ccccc5)cc4)c4ccccc4-c4ccc5sc6ccccc6c5c4)c3-c3ccccc3)cccc21. The number of nitrogens with zero attached hydrogens (tertiary/aromatic N) is 1. The Morgan fingerprint density at radius 2 is 0.898 bits per heavy atom. The van der Waals surface area contributed by atoms with E-state index >= 15 is 0 Å². The second-order valence-electron chi connectivity index (χ2n) is 16.0. The minimum absolute atomic E-state index is 0.104. The van der Waals surface area contributed by atoms with Crippen LogP contribution in [0.4, 0.5) is 17.1 Å². The third-order valence-electron chi connectivity index (χ3n) is 12.3. The first-order valence-corrected chi connectivity index (χ1v) is 21.2. The molecule has 11 rings (SSSR count). The Hall–Kier alpha value is -7.00. The number of benzene rings is 9. The van der Waals surface area contributed by atoms with Gasteiger partial charge in [-0.05, 0) is 98.1 Å². The highest BCUT2D eigenvalue weighted by atomic mass is 32.1. The summed E-state index contributed by atoms with van der Waals surface area (Å²) in [4.78, 5) is 2.49. The Labute approximate surface area is 350 Å². The normalized spacial score (nSPS) is 12.7. The molecule has 2 heteroatoms. The van der Waals surface area contributed by atoms with Crippen molar-refractivity contribution in [2.45, 2.75) is 19.3 Å². The smallest absolute Gasteiger partial charge is 0.0546 e. The van der Waals surface area contributed by atoms with Gasteiger partial charge in [-0.1, -0.05) is 184 Å². The minimum Gasteiger partial charge on any atom is -0.309 e. The number of fused-ring (bicyclic) bond motifs is 6. The summed E-state index contributed by atoms with van der Waals surface area (Å²) >= 11 is 1.86. The molecule has 0 amide bonds. The fourth-order valence-electron chi connectivity index (χ4n) is 9.49. The molecule has 1 heterocycles. The number of thiophene rings is 1. The molecular formula is C57H41NS. The van der Waals surface area contributed by atoms with Crippen molar-refractivity contribution in [3.8, 4) is 55.6 Å². The molecule has 0 saturated carbocycles. The molecule has 1 nitrogen and oxygen atoms in total. The minimum atomic E-state index is -0.104. The van der Waals surface area contributed by atoms with Gasteiger partial charge in [0, 0.05) is 42.4 Å². The van der Waals surface area contributed by atoms with E-state index in [1.807, 2.05) is 11.3 Å². The van der Waals surface area contributed by atoms with Crippen LogP contribution in [0, 0.1) is 0 Å². The van der Waals surface area contributed by atoms with Crippen molar-refractivity contribution in [1.29, 1.82) is 0 Å². The van der Waals surface area contributed by atoms with Gasteiger partial charge in [0.25, 0.3) is 0 Å². The van der Waals surface area contributed by atoms with Gasteiger partial charge >= 0.3 is 0 Å². The lowest BCUT2D eigenvalue weighted by Gasteiger charge is -2.31. The quantitative estimate of drug-likeness (QED) is 0.156. The Kier molecular flexibility index (Phi) is 8.43. The zero-order chi connectivity index (χ0) is 39.5. The van der Waals surface area contributed by atoms with E-state index in [1.165, 1.54) is 86.9 Å². The summed E-state index contributed by atoms with van der Waals surface area (Å²) in [6, 6.07) is 78.2.